The Labute approximate surface area is 92.5 Å². The zero-order chi connectivity index (χ0) is 11.4. The summed E-state index contributed by atoms with van der Waals surface area (Å²) in [6.07, 6.45) is 5.87. The number of hydrogen-bond donors (Lipinski definition) is 1. The monoisotopic (exact) mass is 213 g/mol. The Morgan fingerprint density at radius 2 is 1.87 bits per heavy atom. The van der Waals surface area contributed by atoms with Gasteiger partial charge in [-0.15, -0.1) is 0 Å². The Kier molecular flexibility index (Phi) is 4.58. The number of nitrogens with zero attached hydrogens (tertiary/aromatic N) is 1. The zero-order valence-electron chi connectivity index (χ0n) is 10.1. The molecule has 1 heterocycles. The summed E-state index contributed by atoms with van der Waals surface area (Å²) in [5, 5.41) is 8.99. The van der Waals surface area contributed by atoms with Gasteiger partial charge in [0, 0.05) is 6.04 Å². The highest BCUT2D eigenvalue weighted by Gasteiger charge is 2.42. The molecule has 1 aliphatic heterocycles. The molecule has 3 atom stereocenters. The van der Waals surface area contributed by atoms with Gasteiger partial charge in [0.25, 0.3) is 0 Å². The summed E-state index contributed by atoms with van der Waals surface area (Å²) in [6, 6.07) is 0.336. The summed E-state index contributed by atoms with van der Waals surface area (Å²) in [5.74, 6) is 0.0109. The summed E-state index contributed by atoms with van der Waals surface area (Å²) < 4.78 is 0. The highest BCUT2D eigenvalue weighted by Crippen LogP contribution is 2.38. The Bertz CT molecular complexity index is 218. The summed E-state index contributed by atoms with van der Waals surface area (Å²) in [6.45, 7) is 4.00. The van der Waals surface area contributed by atoms with E-state index in [9.17, 15) is 4.79 Å². The first kappa shape index (κ1) is 12.5. The molecule has 1 saturated carbocycles. The molecule has 3 nitrogen and oxygen atoms in total. The van der Waals surface area contributed by atoms with E-state index < -0.39 is 5.97 Å². The summed E-state index contributed by atoms with van der Waals surface area (Å²) in [7, 11) is 1.97. The average molecular weight is 213 g/mol. The van der Waals surface area contributed by atoms with Crippen molar-refractivity contribution in [2.75, 3.05) is 7.05 Å². The molecule has 0 amide bonds. The minimum absolute atomic E-state index is 0.215. The SMILES string of the molecule is CC.CN1C(C(=O)O)CC2CCCCC21. The predicted molar refractivity (Wildman–Crippen MR) is 60.9 cm³/mol. The van der Waals surface area contributed by atoms with Gasteiger partial charge in [-0.2, -0.15) is 0 Å². The Morgan fingerprint density at radius 3 is 2.40 bits per heavy atom. The number of carboxylic acids is 1. The number of hydrogen-bond acceptors (Lipinski definition) is 2. The number of carboxylic acid groups (broad SMARTS) is 1. The molecule has 0 aromatic heterocycles. The van der Waals surface area contributed by atoms with Crippen molar-refractivity contribution < 1.29 is 9.90 Å². The van der Waals surface area contributed by atoms with Gasteiger partial charge in [-0.3, -0.25) is 9.69 Å². The number of rotatable bonds is 1. The molecule has 2 aliphatic rings. The standard InChI is InChI=1S/C10H17NO2.C2H6/c1-11-8-5-3-2-4-7(8)6-9(11)10(12)13;1-2/h7-9H,2-6H2,1H3,(H,12,13);1-2H3. The predicted octanol–water partition coefficient (Wildman–Crippen LogP) is 2.36. The molecule has 3 heteroatoms. The van der Waals surface area contributed by atoms with E-state index in [1.54, 1.807) is 0 Å². The van der Waals surface area contributed by atoms with Gasteiger partial charge in [0.15, 0.2) is 0 Å². The third-order valence-corrected chi connectivity index (χ3v) is 3.69. The summed E-state index contributed by atoms with van der Waals surface area (Å²) in [4.78, 5) is 13.0. The van der Waals surface area contributed by atoms with Gasteiger partial charge < -0.3 is 5.11 Å². The van der Waals surface area contributed by atoms with E-state index in [1.807, 2.05) is 20.9 Å². The van der Waals surface area contributed by atoms with E-state index in [4.69, 9.17) is 5.11 Å². The molecule has 1 saturated heterocycles. The molecule has 0 aromatic rings. The van der Waals surface area contributed by atoms with Crippen molar-refractivity contribution in [1.82, 2.24) is 4.90 Å². The molecule has 0 radical (unpaired) electrons. The van der Waals surface area contributed by atoms with E-state index >= 15 is 0 Å². The summed E-state index contributed by atoms with van der Waals surface area (Å²) in [5.41, 5.74) is 0. The van der Waals surface area contributed by atoms with Gasteiger partial charge in [-0.25, -0.2) is 0 Å². The van der Waals surface area contributed by atoms with Gasteiger partial charge in [0.05, 0.1) is 0 Å². The van der Waals surface area contributed by atoms with E-state index in [0.717, 1.165) is 6.42 Å². The van der Waals surface area contributed by atoms with Crippen molar-refractivity contribution in [3.8, 4) is 0 Å². The number of fused-ring (bicyclic) bond motifs is 1. The van der Waals surface area contributed by atoms with Crippen molar-refractivity contribution in [1.29, 1.82) is 0 Å². The van der Waals surface area contributed by atoms with Gasteiger partial charge in [-0.1, -0.05) is 26.7 Å². The number of likely N-dealkylation sites (N-methyl/N-ethyl adjacent to an activating group) is 1. The van der Waals surface area contributed by atoms with E-state index in [-0.39, 0.29) is 6.04 Å². The second-order valence-electron chi connectivity index (χ2n) is 4.37. The number of carbonyl (C=O) groups is 1. The maximum absolute atomic E-state index is 10.9. The van der Waals surface area contributed by atoms with Crippen molar-refractivity contribution in [3.63, 3.8) is 0 Å². The fourth-order valence-electron chi connectivity index (χ4n) is 2.96. The maximum Gasteiger partial charge on any atom is 0.320 e. The quantitative estimate of drug-likeness (QED) is 0.727. The minimum Gasteiger partial charge on any atom is -0.480 e. The van der Waals surface area contributed by atoms with Crippen molar-refractivity contribution in [3.05, 3.63) is 0 Å². The van der Waals surface area contributed by atoms with Crippen LogP contribution in [0.1, 0.15) is 46.0 Å². The third kappa shape index (κ3) is 2.51. The van der Waals surface area contributed by atoms with Gasteiger partial charge in [0.1, 0.15) is 6.04 Å². The first-order valence-electron chi connectivity index (χ1n) is 6.15. The molecular formula is C12H23NO2. The lowest BCUT2D eigenvalue weighted by Gasteiger charge is -2.29. The van der Waals surface area contributed by atoms with Gasteiger partial charge in [-0.05, 0) is 32.2 Å². The van der Waals surface area contributed by atoms with Crippen LogP contribution >= 0.6 is 0 Å². The lowest BCUT2D eigenvalue weighted by atomic mass is 9.85. The minimum atomic E-state index is -0.642. The largest absolute Gasteiger partial charge is 0.480 e. The van der Waals surface area contributed by atoms with Crippen LogP contribution in [0.4, 0.5) is 0 Å². The molecule has 0 spiro atoms. The van der Waals surface area contributed by atoms with Crippen LogP contribution in [-0.2, 0) is 4.79 Å². The fourth-order valence-corrected chi connectivity index (χ4v) is 2.96. The van der Waals surface area contributed by atoms with E-state index in [0.29, 0.717) is 12.0 Å². The average Bonchev–Trinajstić information content (AvgIpc) is 2.60. The van der Waals surface area contributed by atoms with Crippen LogP contribution in [-0.4, -0.2) is 35.1 Å². The van der Waals surface area contributed by atoms with Crippen molar-refractivity contribution in [2.45, 2.75) is 58.0 Å². The number of likely N-dealkylation sites (tertiary alicyclic amines) is 1. The summed E-state index contributed by atoms with van der Waals surface area (Å²) >= 11 is 0. The first-order chi connectivity index (χ1) is 7.20. The molecule has 15 heavy (non-hydrogen) atoms. The lowest BCUT2D eigenvalue weighted by Crippen LogP contribution is -2.38. The lowest BCUT2D eigenvalue weighted by molar-refractivity contribution is -0.142. The van der Waals surface area contributed by atoms with Crippen LogP contribution in [0.25, 0.3) is 0 Å². The van der Waals surface area contributed by atoms with Gasteiger partial charge in [0.2, 0.25) is 0 Å². The molecular weight excluding hydrogens is 190 g/mol. The van der Waals surface area contributed by atoms with E-state index in [2.05, 4.69) is 4.90 Å². The highest BCUT2D eigenvalue weighted by molar-refractivity contribution is 5.74. The molecule has 2 rings (SSSR count). The second-order valence-corrected chi connectivity index (χ2v) is 4.37. The Balaban J connectivity index is 0.000000531. The van der Waals surface area contributed by atoms with Gasteiger partial charge >= 0.3 is 5.97 Å². The smallest absolute Gasteiger partial charge is 0.320 e. The van der Waals surface area contributed by atoms with E-state index in [1.165, 1.54) is 25.7 Å². The molecule has 0 bridgehead atoms. The highest BCUT2D eigenvalue weighted by atomic mass is 16.4. The zero-order valence-corrected chi connectivity index (χ0v) is 10.1. The molecule has 0 aromatic carbocycles. The first-order valence-corrected chi connectivity index (χ1v) is 6.15. The number of aliphatic carboxylic acids is 1. The normalized spacial score (nSPS) is 35.3. The van der Waals surface area contributed by atoms with Crippen LogP contribution in [0.3, 0.4) is 0 Å². The molecule has 2 fully saturated rings. The molecule has 1 N–H and O–H groups in total. The maximum atomic E-state index is 10.9. The van der Waals surface area contributed by atoms with Crippen LogP contribution < -0.4 is 0 Å². The molecule has 1 aliphatic carbocycles. The van der Waals surface area contributed by atoms with Crippen molar-refractivity contribution in [2.24, 2.45) is 5.92 Å². The topological polar surface area (TPSA) is 40.5 Å². The Morgan fingerprint density at radius 1 is 1.27 bits per heavy atom. The van der Waals surface area contributed by atoms with Crippen LogP contribution in [0.15, 0.2) is 0 Å². The Hall–Kier alpha value is -0.570. The fraction of sp³-hybridized carbons (Fsp3) is 0.917. The van der Waals surface area contributed by atoms with Crippen LogP contribution in [0, 0.1) is 5.92 Å². The third-order valence-electron chi connectivity index (χ3n) is 3.69. The molecule has 3 unspecified atom stereocenters. The second kappa shape index (κ2) is 5.50. The molecule has 88 valence electrons. The van der Waals surface area contributed by atoms with Crippen LogP contribution in [0.5, 0.6) is 0 Å². The van der Waals surface area contributed by atoms with Crippen LogP contribution in [0.2, 0.25) is 0 Å². The van der Waals surface area contributed by atoms with Crippen molar-refractivity contribution >= 4 is 5.97 Å².